The van der Waals surface area contributed by atoms with Crippen LogP contribution in [0.4, 0.5) is 0 Å². The maximum atomic E-state index is 13.1. The molecule has 3 N–H and O–H groups in total. The predicted octanol–water partition coefficient (Wildman–Crippen LogP) is 14.6. The van der Waals surface area contributed by atoms with E-state index in [9.17, 15) is 34.5 Å². The molecule has 1 aliphatic heterocycles. The quantitative estimate of drug-likeness (QED) is 0.0228. The van der Waals surface area contributed by atoms with Crippen LogP contribution in [-0.4, -0.2) is 89.2 Å². The molecule has 0 saturated carbocycles. The fourth-order valence-corrected chi connectivity index (χ4v) is 8.33. The molecule has 418 valence electrons. The number of carbonyl (C=O) groups excluding carboxylic acids is 3. The van der Waals surface area contributed by atoms with Crippen LogP contribution in [0.3, 0.4) is 0 Å². The number of unbranched alkanes of at least 4 members (excludes halogenated alkanes) is 22. The van der Waals surface area contributed by atoms with Crippen LogP contribution >= 0.6 is 0 Å². The van der Waals surface area contributed by atoms with Crippen molar-refractivity contribution in [1.29, 1.82) is 0 Å². The average Bonchev–Trinajstić information content (AvgIpc) is 3.37. The molecule has 0 amide bonds. The van der Waals surface area contributed by atoms with Crippen LogP contribution in [0.15, 0.2) is 72.9 Å². The molecule has 0 bridgehead atoms. The summed E-state index contributed by atoms with van der Waals surface area (Å²) in [6, 6.07) is 0. The second-order valence-electron chi connectivity index (χ2n) is 19.5. The topological polar surface area (TPSA) is 175 Å². The molecule has 73 heavy (non-hydrogen) atoms. The summed E-state index contributed by atoms with van der Waals surface area (Å²) < 4.78 is 28.3. The number of aliphatic hydroxyl groups is 2. The highest BCUT2D eigenvalue weighted by molar-refractivity contribution is 5.74. The van der Waals surface area contributed by atoms with Crippen LogP contribution in [0.2, 0.25) is 0 Å². The SMILES string of the molecule is CC/C=C\C/C=C\C/C=C\C/C=C\CCCCCCC(=O)OCC(COC1OC(C(=O)O)C(O)C(O)C1OC(=O)CCCCCCCCCCC)OC(=O)CCCCCCCCC/C=C\C/C=C\CCCCC. The van der Waals surface area contributed by atoms with Crippen molar-refractivity contribution in [3.63, 3.8) is 0 Å². The highest BCUT2D eigenvalue weighted by Crippen LogP contribution is 2.26. The third-order valence-corrected chi connectivity index (χ3v) is 12.8. The molecule has 1 aliphatic rings. The van der Waals surface area contributed by atoms with Crippen LogP contribution in [0.5, 0.6) is 0 Å². The molecule has 0 aliphatic carbocycles. The Bertz CT molecular complexity index is 1550. The fourth-order valence-electron chi connectivity index (χ4n) is 8.33. The lowest BCUT2D eigenvalue weighted by Crippen LogP contribution is -2.61. The molecule has 1 heterocycles. The zero-order valence-electron chi connectivity index (χ0n) is 45.9. The van der Waals surface area contributed by atoms with Crippen molar-refractivity contribution >= 4 is 23.9 Å². The number of aliphatic hydroxyl groups excluding tert-OH is 2. The van der Waals surface area contributed by atoms with E-state index in [2.05, 4.69) is 93.7 Å². The van der Waals surface area contributed by atoms with Crippen LogP contribution in [0.25, 0.3) is 0 Å². The molecule has 6 atom stereocenters. The molecular weight excluding hydrogens is 925 g/mol. The van der Waals surface area contributed by atoms with Gasteiger partial charge in [0.05, 0.1) is 6.61 Å². The van der Waals surface area contributed by atoms with Gasteiger partial charge < -0.3 is 39.0 Å². The van der Waals surface area contributed by atoms with Crippen LogP contribution in [-0.2, 0) is 42.9 Å². The van der Waals surface area contributed by atoms with Gasteiger partial charge in [-0.3, -0.25) is 14.4 Å². The van der Waals surface area contributed by atoms with E-state index < -0.39 is 67.3 Å². The molecule has 1 fully saturated rings. The van der Waals surface area contributed by atoms with Gasteiger partial charge in [0, 0.05) is 19.3 Å². The normalized spacial score (nSPS) is 18.8. The summed E-state index contributed by atoms with van der Waals surface area (Å²) in [7, 11) is 0. The van der Waals surface area contributed by atoms with E-state index in [4.69, 9.17) is 23.7 Å². The Morgan fingerprint density at radius 2 is 0.863 bits per heavy atom. The van der Waals surface area contributed by atoms with Crippen molar-refractivity contribution in [2.45, 2.75) is 276 Å². The number of aliphatic carboxylic acids is 1. The van der Waals surface area contributed by atoms with E-state index >= 15 is 0 Å². The third-order valence-electron chi connectivity index (χ3n) is 12.8. The Labute approximate surface area is 442 Å². The lowest BCUT2D eigenvalue weighted by molar-refractivity contribution is -0.301. The fraction of sp³-hybridized carbons (Fsp3) is 0.738. The third kappa shape index (κ3) is 39.3. The van der Waals surface area contributed by atoms with Gasteiger partial charge in [-0.1, -0.05) is 203 Å². The average molecular weight is 1030 g/mol. The molecule has 0 radical (unpaired) electrons. The van der Waals surface area contributed by atoms with Gasteiger partial charge in [0.1, 0.15) is 18.8 Å². The predicted molar refractivity (Wildman–Crippen MR) is 294 cm³/mol. The molecule has 12 heteroatoms. The Hall–Kier alpha value is -3.84. The second-order valence-corrected chi connectivity index (χ2v) is 19.5. The van der Waals surface area contributed by atoms with Gasteiger partial charge in [-0.15, -0.1) is 0 Å². The minimum absolute atomic E-state index is 0.0564. The first kappa shape index (κ1) is 67.2. The van der Waals surface area contributed by atoms with Crippen LogP contribution < -0.4 is 0 Å². The zero-order valence-corrected chi connectivity index (χ0v) is 45.9. The minimum Gasteiger partial charge on any atom is -0.479 e. The van der Waals surface area contributed by atoms with Crippen molar-refractivity contribution in [1.82, 2.24) is 0 Å². The number of allylic oxidation sites excluding steroid dienone is 12. The molecule has 1 saturated heterocycles. The largest absolute Gasteiger partial charge is 0.479 e. The van der Waals surface area contributed by atoms with Gasteiger partial charge in [0.2, 0.25) is 0 Å². The van der Waals surface area contributed by atoms with E-state index in [0.717, 1.165) is 122 Å². The standard InChI is InChI=1S/C61H102O12/c1-4-7-10-13-16-19-21-23-25-27-29-31-33-36-38-41-44-47-53(62)69-50-52(71-54(63)48-45-42-40-37-34-32-30-28-26-24-22-20-17-14-11-8-5-2)51-70-61-59(57(66)56(65)58(73-61)60(67)68)72-55(64)49-46-43-39-35-18-15-12-9-6-3/h7,10,16-17,19-20,23-26,29,31,52,56-59,61,65-66H,4-6,8-9,11-15,18,21-22,27-28,30,32-51H2,1-3H3,(H,67,68)/b10-7-,19-16-,20-17-,25-23-,26-24-,31-29-. The van der Waals surface area contributed by atoms with Crippen molar-refractivity contribution < 1.29 is 58.2 Å². The molecule has 1 rings (SSSR count). The lowest BCUT2D eigenvalue weighted by atomic mass is 9.98. The lowest BCUT2D eigenvalue weighted by Gasteiger charge is -2.40. The number of esters is 3. The first-order valence-corrected chi connectivity index (χ1v) is 28.9. The van der Waals surface area contributed by atoms with Crippen molar-refractivity contribution in [3.8, 4) is 0 Å². The molecule has 0 aromatic rings. The van der Waals surface area contributed by atoms with Crippen molar-refractivity contribution in [2.75, 3.05) is 13.2 Å². The summed E-state index contributed by atoms with van der Waals surface area (Å²) in [5.41, 5.74) is 0. The van der Waals surface area contributed by atoms with E-state index in [-0.39, 0.29) is 25.9 Å². The molecule has 0 spiro atoms. The monoisotopic (exact) mass is 1030 g/mol. The van der Waals surface area contributed by atoms with Crippen LogP contribution in [0.1, 0.15) is 239 Å². The van der Waals surface area contributed by atoms with Gasteiger partial charge in [-0.25, -0.2) is 4.79 Å². The zero-order chi connectivity index (χ0) is 53.3. The first-order valence-electron chi connectivity index (χ1n) is 28.9. The molecule has 0 aromatic carbocycles. The van der Waals surface area contributed by atoms with Crippen molar-refractivity contribution in [3.05, 3.63) is 72.9 Å². The number of carboxylic acids is 1. The number of carbonyl (C=O) groups is 4. The van der Waals surface area contributed by atoms with E-state index in [1.807, 2.05) is 0 Å². The second kappa shape index (κ2) is 49.1. The molecule has 12 nitrogen and oxygen atoms in total. The summed E-state index contributed by atoms with van der Waals surface area (Å²) in [6.07, 6.45) is 48.9. The number of hydrogen-bond acceptors (Lipinski definition) is 11. The van der Waals surface area contributed by atoms with Gasteiger partial charge in [0.15, 0.2) is 24.6 Å². The Kier molecular flexibility index (Phi) is 45.1. The highest BCUT2D eigenvalue weighted by atomic mass is 16.7. The molecular formula is C61H102O12. The van der Waals surface area contributed by atoms with Gasteiger partial charge in [-0.2, -0.15) is 0 Å². The minimum atomic E-state index is -1.91. The summed E-state index contributed by atoms with van der Waals surface area (Å²) in [4.78, 5) is 51.0. The first-order chi connectivity index (χ1) is 35.6. The summed E-state index contributed by atoms with van der Waals surface area (Å²) >= 11 is 0. The molecule has 6 unspecified atom stereocenters. The smallest absolute Gasteiger partial charge is 0.335 e. The van der Waals surface area contributed by atoms with E-state index in [1.165, 1.54) is 57.8 Å². The number of ether oxygens (including phenoxy) is 5. The Morgan fingerprint density at radius 3 is 1.34 bits per heavy atom. The van der Waals surface area contributed by atoms with Gasteiger partial charge in [-0.05, 0) is 89.9 Å². The number of carboxylic acid groups (broad SMARTS) is 1. The summed E-state index contributed by atoms with van der Waals surface area (Å²) in [5, 5.41) is 31.4. The van der Waals surface area contributed by atoms with Gasteiger partial charge >= 0.3 is 23.9 Å². The van der Waals surface area contributed by atoms with E-state index in [1.54, 1.807) is 0 Å². The van der Waals surface area contributed by atoms with Gasteiger partial charge in [0.25, 0.3) is 0 Å². The molecule has 0 aromatic heterocycles. The van der Waals surface area contributed by atoms with Crippen LogP contribution in [0, 0.1) is 0 Å². The van der Waals surface area contributed by atoms with Crippen molar-refractivity contribution in [2.24, 2.45) is 0 Å². The number of hydrogen-bond donors (Lipinski definition) is 3. The summed E-state index contributed by atoms with van der Waals surface area (Å²) in [6.45, 7) is 5.79. The Morgan fingerprint density at radius 1 is 0.466 bits per heavy atom. The highest BCUT2D eigenvalue weighted by Gasteiger charge is 2.50. The maximum absolute atomic E-state index is 13.1. The number of rotatable bonds is 48. The van der Waals surface area contributed by atoms with E-state index in [0.29, 0.717) is 19.3 Å². The summed E-state index contributed by atoms with van der Waals surface area (Å²) in [5.74, 6) is -3.16. The maximum Gasteiger partial charge on any atom is 0.335 e. The Balaban J connectivity index is 2.70.